The summed E-state index contributed by atoms with van der Waals surface area (Å²) >= 11 is 6.09. The van der Waals surface area contributed by atoms with Crippen molar-refractivity contribution in [2.24, 2.45) is 0 Å². The number of hydrogen-bond acceptors (Lipinski definition) is 3. The van der Waals surface area contributed by atoms with E-state index >= 15 is 0 Å². The number of nitrogens with zero attached hydrogens (tertiary/aromatic N) is 2. The average Bonchev–Trinajstić information content (AvgIpc) is 3.12. The average molecular weight is 407 g/mol. The first kappa shape index (κ1) is 19.3. The zero-order chi connectivity index (χ0) is 20.2. The monoisotopic (exact) mass is 406 g/mol. The minimum Gasteiger partial charge on any atom is -0.497 e. The van der Waals surface area contributed by atoms with Gasteiger partial charge in [-0.1, -0.05) is 35.9 Å². The van der Waals surface area contributed by atoms with Crippen LogP contribution in [0.4, 0.5) is 0 Å². The highest BCUT2D eigenvalue weighted by Crippen LogP contribution is 2.28. The van der Waals surface area contributed by atoms with Crippen molar-refractivity contribution in [3.63, 3.8) is 0 Å². The van der Waals surface area contributed by atoms with Crippen LogP contribution in [-0.4, -0.2) is 23.3 Å². The van der Waals surface area contributed by atoms with E-state index in [1.165, 1.54) is 0 Å². The van der Waals surface area contributed by atoms with Gasteiger partial charge in [0, 0.05) is 17.1 Å². The summed E-state index contributed by atoms with van der Waals surface area (Å²) in [5, 5.41) is 0.755. The van der Waals surface area contributed by atoms with Gasteiger partial charge in [-0.2, -0.15) is 0 Å². The summed E-state index contributed by atoms with van der Waals surface area (Å²) in [7, 11) is 1.68. The van der Waals surface area contributed by atoms with Crippen LogP contribution in [-0.2, 0) is 6.54 Å². The first-order valence-corrected chi connectivity index (χ1v) is 10.0. The van der Waals surface area contributed by atoms with Crippen LogP contribution < -0.4 is 9.47 Å². The Kier molecular flexibility index (Phi) is 5.72. The molecule has 4 aromatic rings. The van der Waals surface area contributed by atoms with E-state index in [0.717, 1.165) is 57.5 Å². The number of ether oxygens (including phenoxy) is 2. The maximum Gasteiger partial charge on any atom is 0.141 e. The predicted molar refractivity (Wildman–Crippen MR) is 118 cm³/mol. The van der Waals surface area contributed by atoms with E-state index < -0.39 is 0 Å². The number of benzene rings is 3. The lowest BCUT2D eigenvalue weighted by Crippen LogP contribution is -2.06. The van der Waals surface area contributed by atoms with Crippen molar-refractivity contribution in [2.75, 3.05) is 13.7 Å². The topological polar surface area (TPSA) is 36.3 Å². The van der Waals surface area contributed by atoms with Crippen LogP contribution in [0.3, 0.4) is 0 Å². The van der Waals surface area contributed by atoms with Crippen molar-refractivity contribution in [3.8, 4) is 22.9 Å². The highest BCUT2D eigenvalue weighted by Gasteiger charge is 2.13. The molecule has 0 aliphatic carbocycles. The van der Waals surface area contributed by atoms with Crippen molar-refractivity contribution in [2.45, 2.75) is 19.9 Å². The third-order valence-electron chi connectivity index (χ3n) is 4.91. The molecule has 0 saturated carbocycles. The van der Waals surface area contributed by atoms with E-state index in [0.29, 0.717) is 6.61 Å². The molecule has 0 radical (unpaired) electrons. The van der Waals surface area contributed by atoms with Crippen molar-refractivity contribution in [1.82, 2.24) is 9.55 Å². The van der Waals surface area contributed by atoms with E-state index in [1.54, 1.807) is 7.11 Å². The summed E-state index contributed by atoms with van der Waals surface area (Å²) in [6, 6.07) is 22.0. The fourth-order valence-corrected chi connectivity index (χ4v) is 3.52. The second kappa shape index (κ2) is 8.58. The Morgan fingerprint density at radius 3 is 2.66 bits per heavy atom. The summed E-state index contributed by atoms with van der Waals surface area (Å²) in [5.74, 6) is 2.60. The fourth-order valence-electron chi connectivity index (χ4n) is 3.40. The molecule has 0 saturated heterocycles. The Labute approximate surface area is 175 Å². The maximum atomic E-state index is 6.09. The molecule has 148 valence electrons. The first-order valence-electron chi connectivity index (χ1n) is 9.64. The zero-order valence-electron chi connectivity index (χ0n) is 16.6. The molecule has 0 N–H and O–H groups in total. The number of halogens is 1. The maximum absolute atomic E-state index is 6.09. The number of aryl methyl sites for hydroxylation is 2. The molecule has 0 atom stereocenters. The van der Waals surface area contributed by atoms with Crippen LogP contribution in [0.5, 0.6) is 11.5 Å². The SMILES string of the molecule is COc1cccc(-c2nc3ccccc3n2CCCOc2ccc(Cl)c(C)c2)c1. The quantitative estimate of drug-likeness (QED) is 0.346. The van der Waals surface area contributed by atoms with Crippen LogP contribution in [0, 0.1) is 6.92 Å². The van der Waals surface area contributed by atoms with Gasteiger partial charge in [0.1, 0.15) is 17.3 Å². The Hall–Kier alpha value is -2.98. The molecule has 3 aromatic carbocycles. The van der Waals surface area contributed by atoms with Crippen molar-refractivity contribution < 1.29 is 9.47 Å². The summed E-state index contributed by atoms with van der Waals surface area (Å²) in [6.07, 6.45) is 0.860. The van der Waals surface area contributed by atoms with Gasteiger partial charge in [-0.3, -0.25) is 0 Å². The Balaban J connectivity index is 1.55. The minimum atomic E-state index is 0.616. The lowest BCUT2D eigenvalue weighted by Gasteiger charge is -2.12. The highest BCUT2D eigenvalue weighted by molar-refractivity contribution is 6.31. The fraction of sp³-hybridized carbons (Fsp3) is 0.208. The van der Waals surface area contributed by atoms with Gasteiger partial charge in [-0.25, -0.2) is 4.98 Å². The molecule has 0 aliphatic heterocycles. The summed E-state index contributed by atoms with van der Waals surface area (Å²) in [4.78, 5) is 4.87. The van der Waals surface area contributed by atoms with Gasteiger partial charge in [-0.05, 0) is 61.4 Å². The van der Waals surface area contributed by atoms with Crippen LogP contribution in [0.15, 0.2) is 66.7 Å². The smallest absolute Gasteiger partial charge is 0.141 e. The molecule has 0 amide bonds. The normalized spacial score (nSPS) is 11.0. The van der Waals surface area contributed by atoms with Gasteiger partial charge in [0.2, 0.25) is 0 Å². The third-order valence-corrected chi connectivity index (χ3v) is 5.33. The van der Waals surface area contributed by atoms with Gasteiger partial charge in [0.05, 0.1) is 24.8 Å². The van der Waals surface area contributed by atoms with Gasteiger partial charge in [-0.15, -0.1) is 0 Å². The number of fused-ring (bicyclic) bond motifs is 1. The van der Waals surface area contributed by atoms with Gasteiger partial charge in [0.25, 0.3) is 0 Å². The first-order chi connectivity index (χ1) is 14.2. The molecule has 0 spiro atoms. The molecule has 29 heavy (non-hydrogen) atoms. The second-order valence-electron chi connectivity index (χ2n) is 6.92. The molecule has 5 heteroatoms. The van der Waals surface area contributed by atoms with E-state index in [9.17, 15) is 0 Å². The summed E-state index contributed by atoms with van der Waals surface area (Å²) in [5.41, 5.74) is 4.16. The predicted octanol–water partition coefficient (Wildman–Crippen LogP) is 6.14. The van der Waals surface area contributed by atoms with E-state index in [4.69, 9.17) is 26.1 Å². The Morgan fingerprint density at radius 1 is 0.966 bits per heavy atom. The zero-order valence-corrected chi connectivity index (χ0v) is 17.3. The van der Waals surface area contributed by atoms with Crippen LogP contribution in [0.1, 0.15) is 12.0 Å². The molecule has 0 bridgehead atoms. The molecular formula is C24H23ClN2O2. The number of imidazole rings is 1. The lowest BCUT2D eigenvalue weighted by molar-refractivity contribution is 0.302. The number of aromatic nitrogens is 2. The molecule has 4 nitrogen and oxygen atoms in total. The molecule has 0 unspecified atom stereocenters. The Morgan fingerprint density at radius 2 is 1.83 bits per heavy atom. The van der Waals surface area contributed by atoms with Crippen molar-refractivity contribution in [3.05, 3.63) is 77.3 Å². The van der Waals surface area contributed by atoms with Crippen LogP contribution in [0.25, 0.3) is 22.4 Å². The highest BCUT2D eigenvalue weighted by atomic mass is 35.5. The number of rotatable bonds is 7. The molecule has 0 aliphatic rings. The largest absolute Gasteiger partial charge is 0.497 e. The van der Waals surface area contributed by atoms with Gasteiger partial charge < -0.3 is 14.0 Å². The standard InChI is InChI=1S/C24H23ClN2O2/c1-17-15-20(11-12-21(17)25)29-14-6-13-27-23-10-4-3-9-22(23)26-24(27)18-7-5-8-19(16-18)28-2/h3-5,7-12,15-16H,6,13-14H2,1-2H3. The van der Waals surface area contributed by atoms with Crippen LogP contribution in [0.2, 0.25) is 5.02 Å². The van der Waals surface area contributed by atoms with E-state index in [2.05, 4.69) is 16.7 Å². The number of para-hydroxylation sites is 2. The molecule has 4 rings (SSSR count). The van der Waals surface area contributed by atoms with E-state index in [-0.39, 0.29) is 0 Å². The molecule has 0 fully saturated rings. The van der Waals surface area contributed by atoms with Crippen molar-refractivity contribution >= 4 is 22.6 Å². The second-order valence-corrected chi connectivity index (χ2v) is 7.33. The van der Waals surface area contributed by atoms with Gasteiger partial charge >= 0.3 is 0 Å². The summed E-state index contributed by atoms with van der Waals surface area (Å²) < 4.78 is 13.6. The molecule has 1 heterocycles. The molecule has 1 aromatic heterocycles. The summed E-state index contributed by atoms with van der Waals surface area (Å²) in [6.45, 7) is 3.40. The molecular weight excluding hydrogens is 384 g/mol. The number of methoxy groups -OCH3 is 1. The lowest BCUT2D eigenvalue weighted by atomic mass is 10.2. The minimum absolute atomic E-state index is 0.616. The van der Waals surface area contributed by atoms with Crippen molar-refractivity contribution in [1.29, 1.82) is 0 Å². The van der Waals surface area contributed by atoms with Crippen LogP contribution >= 0.6 is 11.6 Å². The number of hydrogen-bond donors (Lipinski definition) is 0. The third kappa shape index (κ3) is 4.22. The Bertz CT molecular complexity index is 1140. The van der Waals surface area contributed by atoms with E-state index in [1.807, 2.05) is 61.5 Å². The van der Waals surface area contributed by atoms with Gasteiger partial charge in [0.15, 0.2) is 0 Å².